The molecule has 5 heteroatoms. The van der Waals surface area contributed by atoms with Gasteiger partial charge in [-0.25, -0.2) is 9.37 Å². The Labute approximate surface area is 113 Å². The van der Waals surface area contributed by atoms with Crippen LogP contribution in [0, 0.1) is 12.7 Å². The van der Waals surface area contributed by atoms with Crippen LogP contribution in [0.2, 0.25) is 0 Å². The highest BCUT2D eigenvalue weighted by Gasteiger charge is 2.10. The molecular formula is C13H12BrFN2O. The fraction of sp³-hybridized carbons (Fsp3) is 0.154. The fourth-order valence-electron chi connectivity index (χ4n) is 1.57. The van der Waals surface area contributed by atoms with E-state index in [9.17, 15) is 4.39 Å². The molecule has 0 spiro atoms. The molecule has 1 aromatic heterocycles. The number of hydrogen-bond donors (Lipinski definition) is 1. The van der Waals surface area contributed by atoms with Crippen LogP contribution in [0.4, 0.5) is 4.39 Å². The standard InChI is InChI=1S/C13H12BrFN2O/c1-8-5-9(14)7-17-13(8)18-12-4-2-3-11(15)10(12)6-16/h2-5,7H,6,16H2,1H3. The maximum absolute atomic E-state index is 13.5. The maximum Gasteiger partial charge on any atom is 0.222 e. The van der Waals surface area contributed by atoms with Crippen LogP contribution in [0.1, 0.15) is 11.1 Å². The van der Waals surface area contributed by atoms with Crippen LogP contribution in [0.3, 0.4) is 0 Å². The van der Waals surface area contributed by atoms with Gasteiger partial charge in [0.1, 0.15) is 11.6 Å². The van der Waals surface area contributed by atoms with E-state index in [0.717, 1.165) is 10.0 Å². The average molecular weight is 311 g/mol. The van der Waals surface area contributed by atoms with Gasteiger partial charge in [-0.2, -0.15) is 0 Å². The molecule has 2 rings (SSSR count). The number of pyridine rings is 1. The highest BCUT2D eigenvalue weighted by atomic mass is 79.9. The third-order valence-electron chi connectivity index (χ3n) is 2.48. The van der Waals surface area contributed by atoms with Gasteiger partial charge in [-0.1, -0.05) is 6.07 Å². The maximum atomic E-state index is 13.5. The van der Waals surface area contributed by atoms with E-state index in [1.54, 1.807) is 18.3 Å². The summed E-state index contributed by atoms with van der Waals surface area (Å²) in [7, 11) is 0. The van der Waals surface area contributed by atoms with Gasteiger partial charge in [0.05, 0.1) is 0 Å². The number of nitrogens with two attached hydrogens (primary N) is 1. The third-order valence-corrected chi connectivity index (χ3v) is 2.92. The van der Waals surface area contributed by atoms with Crippen molar-refractivity contribution in [2.24, 2.45) is 5.73 Å². The zero-order valence-electron chi connectivity index (χ0n) is 9.78. The van der Waals surface area contributed by atoms with Crippen molar-refractivity contribution in [3.8, 4) is 11.6 Å². The van der Waals surface area contributed by atoms with E-state index in [2.05, 4.69) is 20.9 Å². The normalized spacial score (nSPS) is 10.4. The summed E-state index contributed by atoms with van der Waals surface area (Å²) in [6.45, 7) is 1.95. The van der Waals surface area contributed by atoms with Crippen molar-refractivity contribution in [3.05, 3.63) is 51.9 Å². The molecule has 0 unspecified atom stereocenters. The van der Waals surface area contributed by atoms with Gasteiger partial charge >= 0.3 is 0 Å². The van der Waals surface area contributed by atoms with Gasteiger partial charge in [0.2, 0.25) is 5.88 Å². The first-order valence-corrected chi connectivity index (χ1v) is 6.18. The SMILES string of the molecule is Cc1cc(Br)cnc1Oc1cccc(F)c1CN. The molecule has 2 N–H and O–H groups in total. The van der Waals surface area contributed by atoms with Crippen LogP contribution >= 0.6 is 15.9 Å². The zero-order chi connectivity index (χ0) is 13.1. The lowest BCUT2D eigenvalue weighted by molar-refractivity contribution is 0.446. The first-order chi connectivity index (χ1) is 8.61. The summed E-state index contributed by atoms with van der Waals surface area (Å²) in [5.74, 6) is 0.471. The smallest absolute Gasteiger partial charge is 0.222 e. The minimum absolute atomic E-state index is 0.0809. The minimum atomic E-state index is -0.371. The lowest BCUT2D eigenvalue weighted by Crippen LogP contribution is -2.03. The molecule has 0 saturated heterocycles. The van der Waals surface area contributed by atoms with Crippen LogP contribution in [0.25, 0.3) is 0 Å². The number of rotatable bonds is 3. The van der Waals surface area contributed by atoms with Crippen molar-refractivity contribution in [2.45, 2.75) is 13.5 Å². The molecule has 94 valence electrons. The molecule has 0 saturated carbocycles. The minimum Gasteiger partial charge on any atom is -0.438 e. The highest BCUT2D eigenvalue weighted by Crippen LogP contribution is 2.28. The molecule has 0 aliphatic rings. The Morgan fingerprint density at radius 2 is 2.22 bits per heavy atom. The zero-order valence-corrected chi connectivity index (χ0v) is 11.4. The molecule has 0 atom stereocenters. The summed E-state index contributed by atoms with van der Waals surface area (Å²) in [6, 6.07) is 6.49. The van der Waals surface area contributed by atoms with Crippen LogP contribution in [0.15, 0.2) is 34.9 Å². The van der Waals surface area contributed by atoms with Gasteiger partial charge in [-0.15, -0.1) is 0 Å². The fourth-order valence-corrected chi connectivity index (χ4v) is 2.02. The quantitative estimate of drug-likeness (QED) is 0.943. The van der Waals surface area contributed by atoms with Crippen molar-refractivity contribution >= 4 is 15.9 Å². The Morgan fingerprint density at radius 3 is 2.89 bits per heavy atom. The summed E-state index contributed by atoms with van der Waals surface area (Å²) < 4.78 is 20.0. The summed E-state index contributed by atoms with van der Waals surface area (Å²) in [6.07, 6.45) is 1.63. The Balaban J connectivity index is 2.37. The predicted molar refractivity (Wildman–Crippen MR) is 71.0 cm³/mol. The monoisotopic (exact) mass is 310 g/mol. The van der Waals surface area contributed by atoms with E-state index in [-0.39, 0.29) is 12.4 Å². The molecule has 1 heterocycles. The van der Waals surface area contributed by atoms with E-state index in [4.69, 9.17) is 10.5 Å². The van der Waals surface area contributed by atoms with Gasteiger partial charge < -0.3 is 10.5 Å². The number of hydrogen-bond acceptors (Lipinski definition) is 3. The number of halogens is 2. The number of ether oxygens (including phenoxy) is 1. The number of benzene rings is 1. The average Bonchev–Trinajstić information content (AvgIpc) is 2.33. The number of aromatic nitrogens is 1. The Kier molecular flexibility index (Phi) is 3.93. The van der Waals surface area contributed by atoms with Crippen LogP contribution in [-0.2, 0) is 6.54 Å². The molecular weight excluding hydrogens is 299 g/mol. The predicted octanol–water partition coefficient (Wildman–Crippen LogP) is 3.54. The van der Waals surface area contributed by atoms with Crippen LogP contribution < -0.4 is 10.5 Å². The van der Waals surface area contributed by atoms with Gasteiger partial charge in [0, 0.05) is 28.3 Å². The Morgan fingerprint density at radius 1 is 1.44 bits per heavy atom. The van der Waals surface area contributed by atoms with Crippen molar-refractivity contribution in [2.75, 3.05) is 0 Å². The molecule has 0 radical (unpaired) electrons. The van der Waals surface area contributed by atoms with Crippen molar-refractivity contribution < 1.29 is 9.13 Å². The summed E-state index contributed by atoms with van der Waals surface area (Å²) in [5, 5.41) is 0. The van der Waals surface area contributed by atoms with Crippen LogP contribution in [-0.4, -0.2) is 4.98 Å². The van der Waals surface area contributed by atoms with E-state index >= 15 is 0 Å². The molecule has 1 aromatic carbocycles. The first-order valence-electron chi connectivity index (χ1n) is 5.39. The van der Waals surface area contributed by atoms with Crippen LogP contribution in [0.5, 0.6) is 11.6 Å². The van der Waals surface area contributed by atoms with Crippen molar-refractivity contribution in [1.29, 1.82) is 0 Å². The molecule has 0 aliphatic carbocycles. The molecule has 0 fully saturated rings. The second-order valence-electron chi connectivity index (χ2n) is 3.80. The molecule has 0 bridgehead atoms. The lowest BCUT2D eigenvalue weighted by atomic mass is 10.2. The summed E-state index contributed by atoms with van der Waals surface area (Å²) >= 11 is 3.32. The molecule has 18 heavy (non-hydrogen) atoms. The first kappa shape index (κ1) is 13.0. The van der Waals surface area contributed by atoms with E-state index < -0.39 is 0 Å². The topological polar surface area (TPSA) is 48.1 Å². The highest BCUT2D eigenvalue weighted by molar-refractivity contribution is 9.10. The molecule has 2 aromatic rings. The Hall–Kier alpha value is -1.46. The van der Waals surface area contributed by atoms with Gasteiger partial charge in [-0.3, -0.25) is 0 Å². The van der Waals surface area contributed by atoms with E-state index in [1.807, 2.05) is 13.0 Å². The van der Waals surface area contributed by atoms with E-state index in [0.29, 0.717) is 17.2 Å². The number of nitrogens with zero attached hydrogens (tertiary/aromatic N) is 1. The Bertz CT molecular complexity index is 575. The molecule has 3 nitrogen and oxygen atoms in total. The largest absolute Gasteiger partial charge is 0.438 e. The number of aryl methyl sites for hydroxylation is 1. The second kappa shape index (κ2) is 5.46. The van der Waals surface area contributed by atoms with Gasteiger partial charge in [0.25, 0.3) is 0 Å². The van der Waals surface area contributed by atoms with Crippen molar-refractivity contribution in [3.63, 3.8) is 0 Å². The van der Waals surface area contributed by atoms with E-state index in [1.165, 1.54) is 6.07 Å². The van der Waals surface area contributed by atoms with Gasteiger partial charge in [-0.05, 0) is 41.1 Å². The summed E-state index contributed by atoms with van der Waals surface area (Å²) in [4.78, 5) is 4.15. The molecule has 0 amide bonds. The third kappa shape index (κ3) is 2.68. The van der Waals surface area contributed by atoms with Gasteiger partial charge in [0.15, 0.2) is 0 Å². The lowest BCUT2D eigenvalue weighted by Gasteiger charge is -2.11. The second-order valence-corrected chi connectivity index (χ2v) is 4.71. The summed E-state index contributed by atoms with van der Waals surface area (Å²) in [5.41, 5.74) is 6.73. The molecule has 0 aliphatic heterocycles. The van der Waals surface area contributed by atoms with Crippen molar-refractivity contribution in [1.82, 2.24) is 4.98 Å².